The molecule has 0 radical (unpaired) electrons. The third-order valence-corrected chi connectivity index (χ3v) is 6.20. The Balaban J connectivity index is 1.36. The highest BCUT2D eigenvalue weighted by atomic mass is 35.5. The molecule has 4 rings (SSSR count). The third-order valence-electron chi connectivity index (χ3n) is 5.87. The number of carbonyl (C=O) groups excluding carboxylic acids is 2. The van der Waals surface area contributed by atoms with Gasteiger partial charge in [-0.3, -0.25) is 4.79 Å². The Morgan fingerprint density at radius 2 is 1.57 bits per heavy atom. The van der Waals surface area contributed by atoms with E-state index in [0.29, 0.717) is 0 Å². The minimum atomic E-state index is -1.13. The molecule has 3 aromatic rings. The van der Waals surface area contributed by atoms with Gasteiger partial charge >= 0.3 is 12.1 Å². The van der Waals surface area contributed by atoms with E-state index in [9.17, 15) is 14.4 Å². The van der Waals surface area contributed by atoms with Crippen molar-refractivity contribution in [1.29, 1.82) is 0 Å². The van der Waals surface area contributed by atoms with E-state index in [1.54, 1.807) is 13.8 Å². The largest absolute Gasteiger partial charge is 0.478 e. The second kappa shape index (κ2) is 9.80. The first-order chi connectivity index (χ1) is 16.6. The van der Waals surface area contributed by atoms with Gasteiger partial charge in [0, 0.05) is 17.9 Å². The van der Waals surface area contributed by atoms with Crippen LogP contribution >= 0.6 is 11.6 Å². The van der Waals surface area contributed by atoms with E-state index in [1.807, 2.05) is 36.4 Å². The molecule has 7 nitrogen and oxygen atoms in total. The molecular formula is C27H25ClN2O5. The zero-order valence-electron chi connectivity index (χ0n) is 19.3. The van der Waals surface area contributed by atoms with Gasteiger partial charge in [-0.2, -0.15) is 0 Å². The lowest BCUT2D eigenvalue weighted by Crippen LogP contribution is -2.46. The number of hydrogen-bond donors (Lipinski definition) is 3. The van der Waals surface area contributed by atoms with Crippen molar-refractivity contribution in [3.63, 3.8) is 0 Å². The molecule has 0 atom stereocenters. The van der Waals surface area contributed by atoms with Crippen molar-refractivity contribution in [2.75, 3.05) is 11.9 Å². The molecule has 3 aromatic carbocycles. The zero-order valence-corrected chi connectivity index (χ0v) is 20.1. The van der Waals surface area contributed by atoms with E-state index in [2.05, 4.69) is 22.8 Å². The molecule has 0 fully saturated rings. The highest BCUT2D eigenvalue weighted by Gasteiger charge is 2.30. The number of halogens is 1. The normalized spacial score (nSPS) is 12.4. The summed E-state index contributed by atoms with van der Waals surface area (Å²) >= 11 is 6.08. The van der Waals surface area contributed by atoms with Gasteiger partial charge in [-0.1, -0.05) is 60.1 Å². The number of carboxylic acids is 1. The number of amides is 2. The van der Waals surface area contributed by atoms with E-state index in [4.69, 9.17) is 21.4 Å². The molecule has 0 aromatic heterocycles. The second-order valence-electron chi connectivity index (χ2n) is 9.06. The highest BCUT2D eigenvalue weighted by molar-refractivity contribution is 6.33. The minimum absolute atomic E-state index is 0.000669. The van der Waals surface area contributed by atoms with Crippen LogP contribution in [0.3, 0.4) is 0 Å². The van der Waals surface area contributed by atoms with Gasteiger partial charge in [0.25, 0.3) is 0 Å². The zero-order chi connectivity index (χ0) is 25.2. The summed E-state index contributed by atoms with van der Waals surface area (Å²) in [6, 6.07) is 20.2. The Hall–Kier alpha value is -3.84. The Labute approximate surface area is 208 Å². The lowest BCUT2D eigenvalue weighted by molar-refractivity contribution is -0.117. The summed E-state index contributed by atoms with van der Waals surface area (Å²) < 4.78 is 5.57. The number of hydrogen-bond acceptors (Lipinski definition) is 4. The van der Waals surface area contributed by atoms with Crippen LogP contribution in [0.25, 0.3) is 11.1 Å². The summed E-state index contributed by atoms with van der Waals surface area (Å²) in [5.41, 5.74) is 3.76. The van der Waals surface area contributed by atoms with Gasteiger partial charge in [-0.15, -0.1) is 0 Å². The van der Waals surface area contributed by atoms with Gasteiger partial charge in [0.05, 0.1) is 16.3 Å². The van der Waals surface area contributed by atoms with Crippen LogP contribution in [0.15, 0.2) is 66.7 Å². The molecule has 0 spiro atoms. The summed E-state index contributed by atoms with van der Waals surface area (Å²) in [6.45, 7) is 3.56. The smallest absolute Gasteiger partial charge is 0.407 e. The van der Waals surface area contributed by atoms with Gasteiger partial charge in [0.2, 0.25) is 5.91 Å². The highest BCUT2D eigenvalue weighted by Crippen LogP contribution is 2.44. The Morgan fingerprint density at radius 3 is 2.17 bits per heavy atom. The topological polar surface area (TPSA) is 105 Å². The van der Waals surface area contributed by atoms with Crippen LogP contribution in [-0.2, 0) is 9.53 Å². The first kappa shape index (κ1) is 24.3. The van der Waals surface area contributed by atoms with Gasteiger partial charge in [-0.25, -0.2) is 9.59 Å². The van der Waals surface area contributed by atoms with Crippen molar-refractivity contribution < 1.29 is 24.2 Å². The molecule has 0 heterocycles. The first-order valence-corrected chi connectivity index (χ1v) is 11.5. The molecule has 180 valence electrons. The van der Waals surface area contributed by atoms with Crippen molar-refractivity contribution in [3.05, 3.63) is 88.4 Å². The maximum atomic E-state index is 12.6. The standard InChI is InChI=1S/C27H25ClN2O5/c1-27(2,14-24(31)29-23-13-16(25(32)33)11-12-22(23)28)30-26(34)35-15-21-19-9-5-3-7-17(19)18-8-4-6-10-20(18)21/h3-13,21H,14-15H2,1-2H3,(H,29,31)(H,30,34)(H,32,33). The molecule has 3 N–H and O–H groups in total. The number of fused-ring (bicyclic) bond motifs is 3. The fraction of sp³-hybridized carbons (Fsp3) is 0.222. The molecule has 0 saturated heterocycles. The summed E-state index contributed by atoms with van der Waals surface area (Å²) in [4.78, 5) is 36.4. The van der Waals surface area contributed by atoms with Crippen molar-refractivity contribution in [2.45, 2.75) is 31.7 Å². The number of ether oxygens (including phenoxy) is 1. The minimum Gasteiger partial charge on any atom is -0.478 e. The summed E-state index contributed by atoms with van der Waals surface area (Å²) in [6.07, 6.45) is -0.708. The Morgan fingerprint density at radius 1 is 0.971 bits per heavy atom. The summed E-state index contributed by atoms with van der Waals surface area (Å²) in [5, 5.41) is 14.7. The van der Waals surface area contributed by atoms with Crippen molar-refractivity contribution in [1.82, 2.24) is 5.32 Å². The van der Waals surface area contributed by atoms with Crippen LogP contribution in [-0.4, -0.2) is 35.2 Å². The van der Waals surface area contributed by atoms with E-state index in [0.717, 1.165) is 22.3 Å². The van der Waals surface area contributed by atoms with Crippen LogP contribution < -0.4 is 10.6 Å². The van der Waals surface area contributed by atoms with Crippen LogP contribution in [0.2, 0.25) is 5.02 Å². The molecule has 0 bridgehead atoms. The summed E-state index contributed by atoms with van der Waals surface area (Å²) in [5.74, 6) is -1.63. The van der Waals surface area contributed by atoms with Gasteiger partial charge in [0.15, 0.2) is 0 Å². The fourth-order valence-electron chi connectivity index (χ4n) is 4.30. The Bertz CT molecular complexity index is 1260. The number of aromatic carboxylic acids is 1. The van der Waals surface area contributed by atoms with Gasteiger partial charge in [-0.05, 0) is 54.3 Å². The van der Waals surface area contributed by atoms with Crippen LogP contribution in [0.1, 0.15) is 47.7 Å². The number of alkyl carbamates (subject to hydrolysis) is 1. The predicted octanol–water partition coefficient (Wildman–Crippen LogP) is 5.68. The summed E-state index contributed by atoms with van der Waals surface area (Å²) in [7, 11) is 0. The molecule has 2 amide bonds. The number of nitrogens with one attached hydrogen (secondary N) is 2. The van der Waals surface area contributed by atoms with Crippen LogP contribution in [0.5, 0.6) is 0 Å². The molecule has 35 heavy (non-hydrogen) atoms. The fourth-order valence-corrected chi connectivity index (χ4v) is 4.47. The average Bonchev–Trinajstić information content (AvgIpc) is 3.12. The third kappa shape index (κ3) is 5.46. The maximum Gasteiger partial charge on any atom is 0.407 e. The Kier molecular flexibility index (Phi) is 6.80. The maximum absolute atomic E-state index is 12.6. The lowest BCUT2D eigenvalue weighted by Gasteiger charge is -2.26. The molecule has 0 unspecified atom stereocenters. The van der Waals surface area contributed by atoms with Gasteiger partial charge < -0.3 is 20.5 Å². The molecule has 0 saturated carbocycles. The monoisotopic (exact) mass is 492 g/mol. The molecule has 8 heteroatoms. The predicted molar refractivity (Wildman–Crippen MR) is 134 cm³/mol. The number of rotatable bonds is 7. The van der Waals surface area contributed by atoms with Crippen LogP contribution in [0.4, 0.5) is 10.5 Å². The molecule has 0 aliphatic heterocycles. The number of anilines is 1. The number of carboxylic acid groups (broad SMARTS) is 1. The molecule has 1 aliphatic carbocycles. The van der Waals surface area contributed by atoms with E-state index < -0.39 is 23.5 Å². The number of benzene rings is 3. The van der Waals surface area contributed by atoms with Crippen molar-refractivity contribution in [3.8, 4) is 11.1 Å². The second-order valence-corrected chi connectivity index (χ2v) is 9.47. The van der Waals surface area contributed by atoms with E-state index in [1.165, 1.54) is 18.2 Å². The van der Waals surface area contributed by atoms with E-state index >= 15 is 0 Å². The van der Waals surface area contributed by atoms with Crippen molar-refractivity contribution in [2.24, 2.45) is 0 Å². The average molecular weight is 493 g/mol. The van der Waals surface area contributed by atoms with Crippen molar-refractivity contribution >= 4 is 35.3 Å². The lowest BCUT2D eigenvalue weighted by atomic mass is 9.98. The van der Waals surface area contributed by atoms with Gasteiger partial charge in [0.1, 0.15) is 6.61 Å². The van der Waals surface area contributed by atoms with E-state index in [-0.39, 0.29) is 35.2 Å². The number of carbonyl (C=O) groups is 3. The first-order valence-electron chi connectivity index (χ1n) is 11.1. The molecular weight excluding hydrogens is 468 g/mol. The van der Waals surface area contributed by atoms with Crippen LogP contribution in [0, 0.1) is 0 Å². The molecule has 1 aliphatic rings. The SMILES string of the molecule is CC(C)(CC(=O)Nc1cc(C(=O)O)ccc1Cl)NC(=O)OCC1c2ccccc2-c2ccccc21. The quantitative estimate of drug-likeness (QED) is 0.393.